The first-order valence-electron chi connectivity index (χ1n) is 8.53. The zero-order chi connectivity index (χ0) is 18.5. The van der Waals surface area contributed by atoms with Crippen LogP contribution in [0.25, 0.3) is 0 Å². The van der Waals surface area contributed by atoms with Crippen LogP contribution in [0, 0.1) is 5.82 Å². The molecular formula is C18H21FN4O3. The Hall–Kier alpha value is -2.74. The average Bonchev–Trinajstić information content (AvgIpc) is 3.02. The third-order valence-electron chi connectivity index (χ3n) is 4.21. The SMILES string of the molecule is COCCNC(=O)c1nc(C(=O)Nc2cccc(F)c2)c2n1CCCC2. The number of halogens is 1. The minimum Gasteiger partial charge on any atom is -0.383 e. The van der Waals surface area contributed by atoms with E-state index in [1.165, 1.54) is 18.2 Å². The maximum atomic E-state index is 13.3. The summed E-state index contributed by atoms with van der Waals surface area (Å²) >= 11 is 0. The number of hydrogen-bond acceptors (Lipinski definition) is 4. The van der Waals surface area contributed by atoms with E-state index in [2.05, 4.69) is 15.6 Å². The van der Waals surface area contributed by atoms with Gasteiger partial charge in [0.2, 0.25) is 0 Å². The van der Waals surface area contributed by atoms with Crippen molar-refractivity contribution in [2.24, 2.45) is 0 Å². The maximum absolute atomic E-state index is 13.3. The number of ether oxygens (including phenoxy) is 1. The fourth-order valence-corrected chi connectivity index (χ4v) is 3.00. The zero-order valence-electron chi connectivity index (χ0n) is 14.5. The Bertz CT molecular complexity index is 819. The molecule has 8 heteroatoms. The molecule has 26 heavy (non-hydrogen) atoms. The summed E-state index contributed by atoms with van der Waals surface area (Å²) in [6, 6.07) is 5.65. The smallest absolute Gasteiger partial charge is 0.287 e. The Labute approximate surface area is 150 Å². The monoisotopic (exact) mass is 360 g/mol. The highest BCUT2D eigenvalue weighted by Gasteiger charge is 2.27. The van der Waals surface area contributed by atoms with Crippen LogP contribution in [-0.4, -0.2) is 41.6 Å². The first-order valence-corrected chi connectivity index (χ1v) is 8.53. The molecular weight excluding hydrogens is 339 g/mol. The molecule has 2 N–H and O–H groups in total. The van der Waals surface area contributed by atoms with Gasteiger partial charge >= 0.3 is 0 Å². The number of hydrogen-bond donors (Lipinski definition) is 2. The number of fused-ring (bicyclic) bond motifs is 1. The summed E-state index contributed by atoms with van der Waals surface area (Å²) in [6.07, 6.45) is 2.52. The van der Waals surface area contributed by atoms with Crippen LogP contribution in [0.4, 0.5) is 10.1 Å². The van der Waals surface area contributed by atoms with Crippen LogP contribution in [-0.2, 0) is 17.7 Å². The van der Waals surface area contributed by atoms with E-state index in [1.54, 1.807) is 17.7 Å². The zero-order valence-corrected chi connectivity index (χ0v) is 14.5. The van der Waals surface area contributed by atoms with Crippen LogP contribution in [0.2, 0.25) is 0 Å². The molecule has 138 valence electrons. The molecule has 0 unspecified atom stereocenters. The first kappa shape index (κ1) is 18.1. The quantitative estimate of drug-likeness (QED) is 0.772. The van der Waals surface area contributed by atoms with Crippen molar-refractivity contribution in [1.29, 1.82) is 0 Å². The summed E-state index contributed by atoms with van der Waals surface area (Å²) in [5, 5.41) is 5.38. The minimum atomic E-state index is -0.447. The van der Waals surface area contributed by atoms with Gasteiger partial charge in [-0.15, -0.1) is 0 Å². The summed E-state index contributed by atoms with van der Waals surface area (Å²) in [4.78, 5) is 29.3. The largest absolute Gasteiger partial charge is 0.383 e. The van der Waals surface area contributed by atoms with Crippen LogP contribution in [0.15, 0.2) is 24.3 Å². The fraction of sp³-hybridized carbons (Fsp3) is 0.389. The number of nitrogens with zero attached hydrogens (tertiary/aromatic N) is 2. The Balaban J connectivity index is 1.84. The molecule has 3 rings (SSSR count). The van der Waals surface area contributed by atoms with Crippen LogP contribution in [0.3, 0.4) is 0 Å². The lowest BCUT2D eigenvalue weighted by atomic mass is 10.1. The van der Waals surface area contributed by atoms with Gasteiger partial charge in [-0.3, -0.25) is 9.59 Å². The van der Waals surface area contributed by atoms with Gasteiger partial charge in [-0.05, 0) is 37.5 Å². The van der Waals surface area contributed by atoms with Crippen molar-refractivity contribution in [2.75, 3.05) is 25.6 Å². The molecule has 2 aromatic rings. The minimum absolute atomic E-state index is 0.214. The van der Waals surface area contributed by atoms with Gasteiger partial charge < -0.3 is 19.9 Å². The normalized spacial score (nSPS) is 13.2. The summed E-state index contributed by atoms with van der Waals surface area (Å²) in [6.45, 7) is 1.40. The summed E-state index contributed by atoms with van der Waals surface area (Å²) in [5.74, 6) is -1.000. The van der Waals surface area contributed by atoms with Gasteiger partial charge in [-0.2, -0.15) is 0 Å². The number of methoxy groups -OCH3 is 1. The van der Waals surface area contributed by atoms with E-state index in [0.717, 1.165) is 18.5 Å². The first-order chi connectivity index (χ1) is 12.6. The van der Waals surface area contributed by atoms with Crippen molar-refractivity contribution in [2.45, 2.75) is 25.8 Å². The standard InChI is InChI=1S/C18H21FN4O3/c1-26-10-8-20-18(25)16-22-15(14-7-2-3-9-23(14)16)17(24)21-13-6-4-5-12(19)11-13/h4-6,11H,2-3,7-10H2,1H3,(H,20,25)(H,21,24). The summed E-state index contributed by atoms with van der Waals surface area (Å²) in [7, 11) is 1.55. The van der Waals surface area contributed by atoms with Crippen LogP contribution < -0.4 is 10.6 Å². The number of nitrogens with one attached hydrogen (secondary N) is 2. The van der Waals surface area contributed by atoms with Crippen molar-refractivity contribution < 1.29 is 18.7 Å². The van der Waals surface area contributed by atoms with E-state index in [0.29, 0.717) is 31.8 Å². The Morgan fingerprint density at radius 3 is 2.92 bits per heavy atom. The lowest BCUT2D eigenvalue weighted by molar-refractivity contribution is 0.0921. The van der Waals surface area contributed by atoms with Gasteiger partial charge in [0, 0.05) is 25.9 Å². The molecule has 2 heterocycles. The van der Waals surface area contributed by atoms with E-state index in [4.69, 9.17) is 4.74 Å². The molecule has 0 saturated heterocycles. The number of benzene rings is 1. The lowest BCUT2D eigenvalue weighted by Gasteiger charge is -2.17. The molecule has 0 atom stereocenters. The van der Waals surface area contributed by atoms with Crippen molar-refractivity contribution in [3.8, 4) is 0 Å². The predicted molar refractivity (Wildman–Crippen MR) is 93.7 cm³/mol. The lowest BCUT2D eigenvalue weighted by Crippen LogP contribution is -2.30. The van der Waals surface area contributed by atoms with Gasteiger partial charge in [-0.1, -0.05) is 6.07 Å². The van der Waals surface area contributed by atoms with Gasteiger partial charge in [-0.25, -0.2) is 9.37 Å². The molecule has 0 aliphatic carbocycles. The molecule has 1 aliphatic heterocycles. The highest BCUT2D eigenvalue weighted by atomic mass is 19.1. The number of aromatic nitrogens is 2. The third kappa shape index (κ3) is 3.91. The summed E-state index contributed by atoms with van der Waals surface area (Å²) < 4.78 is 20.0. The number of carbonyl (C=O) groups is 2. The van der Waals surface area contributed by atoms with E-state index in [-0.39, 0.29) is 17.4 Å². The average molecular weight is 360 g/mol. The highest BCUT2D eigenvalue weighted by molar-refractivity contribution is 6.05. The van der Waals surface area contributed by atoms with Crippen LogP contribution in [0.1, 0.15) is 39.6 Å². The molecule has 0 saturated carbocycles. The second-order valence-corrected chi connectivity index (χ2v) is 6.05. The molecule has 1 aliphatic rings. The van der Waals surface area contributed by atoms with E-state index in [1.807, 2.05) is 0 Å². The van der Waals surface area contributed by atoms with Gasteiger partial charge in [0.25, 0.3) is 11.8 Å². The number of amides is 2. The molecule has 0 spiro atoms. The van der Waals surface area contributed by atoms with Crippen LogP contribution in [0.5, 0.6) is 0 Å². The number of anilines is 1. The molecule has 1 aromatic heterocycles. The predicted octanol–water partition coefficient (Wildman–Crippen LogP) is 1.99. The highest BCUT2D eigenvalue weighted by Crippen LogP contribution is 2.22. The molecule has 0 radical (unpaired) electrons. The second-order valence-electron chi connectivity index (χ2n) is 6.05. The van der Waals surface area contributed by atoms with Crippen molar-refractivity contribution in [3.63, 3.8) is 0 Å². The molecule has 7 nitrogen and oxygen atoms in total. The topological polar surface area (TPSA) is 85.2 Å². The summed E-state index contributed by atoms with van der Waals surface area (Å²) in [5.41, 5.74) is 1.30. The Kier molecular flexibility index (Phi) is 5.62. The van der Waals surface area contributed by atoms with Crippen molar-refractivity contribution in [3.05, 3.63) is 47.3 Å². The Morgan fingerprint density at radius 2 is 2.15 bits per heavy atom. The van der Waals surface area contributed by atoms with Crippen LogP contribution >= 0.6 is 0 Å². The van der Waals surface area contributed by atoms with Gasteiger partial charge in [0.1, 0.15) is 5.82 Å². The van der Waals surface area contributed by atoms with Crippen molar-refractivity contribution in [1.82, 2.24) is 14.9 Å². The second kappa shape index (κ2) is 8.09. The molecule has 0 bridgehead atoms. The molecule has 2 amide bonds. The fourth-order valence-electron chi connectivity index (χ4n) is 3.00. The van der Waals surface area contributed by atoms with E-state index < -0.39 is 11.7 Å². The molecule has 0 fully saturated rings. The maximum Gasteiger partial charge on any atom is 0.287 e. The number of imidazole rings is 1. The Morgan fingerprint density at radius 1 is 1.31 bits per heavy atom. The van der Waals surface area contributed by atoms with E-state index >= 15 is 0 Å². The van der Waals surface area contributed by atoms with Crippen molar-refractivity contribution >= 4 is 17.5 Å². The number of carbonyl (C=O) groups excluding carboxylic acids is 2. The molecule has 1 aromatic carbocycles. The van der Waals surface area contributed by atoms with Gasteiger partial charge in [0.15, 0.2) is 11.5 Å². The number of rotatable bonds is 6. The van der Waals surface area contributed by atoms with Gasteiger partial charge in [0.05, 0.1) is 12.3 Å². The van der Waals surface area contributed by atoms with E-state index in [9.17, 15) is 14.0 Å². The third-order valence-corrected chi connectivity index (χ3v) is 4.21.